The van der Waals surface area contributed by atoms with Gasteiger partial charge in [-0.05, 0) is 49.4 Å². The Kier molecular flexibility index (Phi) is 5.92. The SMILES string of the molecule is CSCC1CCN(CCC(=O)Nc2ccccc2C)C1. The minimum Gasteiger partial charge on any atom is -0.326 e. The highest BCUT2D eigenvalue weighted by Gasteiger charge is 2.22. The maximum Gasteiger partial charge on any atom is 0.225 e. The molecule has 3 nitrogen and oxygen atoms in total. The van der Waals surface area contributed by atoms with Crippen LogP contribution in [-0.4, -0.2) is 42.4 Å². The molecule has 1 aromatic carbocycles. The molecule has 110 valence electrons. The molecule has 0 aliphatic carbocycles. The monoisotopic (exact) mass is 292 g/mol. The average molecular weight is 292 g/mol. The first-order valence-electron chi connectivity index (χ1n) is 7.26. The maximum absolute atomic E-state index is 12.0. The lowest BCUT2D eigenvalue weighted by Gasteiger charge is -2.15. The van der Waals surface area contributed by atoms with Crippen molar-refractivity contribution in [2.75, 3.05) is 37.0 Å². The van der Waals surface area contributed by atoms with Gasteiger partial charge < -0.3 is 10.2 Å². The van der Waals surface area contributed by atoms with Crippen LogP contribution in [0.15, 0.2) is 24.3 Å². The fourth-order valence-electron chi connectivity index (χ4n) is 2.67. The van der Waals surface area contributed by atoms with Crippen molar-refractivity contribution in [1.82, 2.24) is 4.90 Å². The second-order valence-corrected chi connectivity index (χ2v) is 6.43. The van der Waals surface area contributed by atoms with Gasteiger partial charge in [0.1, 0.15) is 0 Å². The number of carbonyl (C=O) groups excluding carboxylic acids is 1. The third kappa shape index (κ3) is 4.53. The van der Waals surface area contributed by atoms with Crippen LogP contribution in [0.4, 0.5) is 5.69 Å². The zero-order valence-corrected chi connectivity index (χ0v) is 13.2. The summed E-state index contributed by atoms with van der Waals surface area (Å²) in [5, 5.41) is 3.00. The van der Waals surface area contributed by atoms with Gasteiger partial charge in [-0.3, -0.25) is 4.79 Å². The van der Waals surface area contributed by atoms with Crippen LogP contribution in [0, 0.1) is 12.8 Å². The van der Waals surface area contributed by atoms with Crippen LogP contribution in [0.1, 0.15) is 18.4 Å². The van der Waals surface area contributed by atoms with E-state index in [1.807, 2.05) is 43.0 Å². The normalized spacial score (nSPS) is 19.2. The molecule has 1 unspecified atom stereocenters. The molecular weight excluding hydrogens is 268 g/mol. The number of likely N-dealkylation sites (tertiary alicyclic amines) is 1. The Hall–Kier alpha value is -1.00. The van der Waals surface area contributed by atoms with Crippen molar-refractivity contribution in [3.63, 3.8) is 0 Å². The fraction of sp³-hybridized carbons (Fsp3) is 0.562. The average Bonchev–Trinajstić information content (AvgIpc) is 2.87. The predicted molar refractivity (Wildman–Crippen MR) is 87.4 cm³/mol. The molecule has 1 amide bonds. The molecule has 1 heterocycles. The van der Waals surface area contributed by atoms with Crippen molar-refractivity contribution in [1.29, 1.82) is 0 Å². The van der Waals surface area contributed by atoms with Crippen LogP contribution >= 0.6 is 11.8 Å². The van der Waals surface area contributed by atoms with Crippen molar-refractivity contribution < 1.29 is 4.79 Å². The topological polar surface area (TPSA) is 32.3 Å². The first-order chi connectivity index (χ1) is 9.69. The lowest BCUT2D eigenvalue weighted by molar-refractivity contribution is -0.116. The molecule has 1 aliphatic rings. The van der Waals surface area contributed by atoms with E-state index < -0.39 is 0 Å². The Morgan fingerprint density at radius 1 is 1.45 bits per heavy atom. The zero-order chi connectivity index (χ0) is 14.4. The van der Waals surface area contributed by atoms with Crippen molar-refractivity contribution in [2.24, 2.45) is 5.92 Å². The first kappa shape index (κ1) is 15.4. The van der Waals surface area contributed by atoms with Crippen molar-refractivity contribution in [2.45, 2.75) is 19.8 Å². The number of para-hydroxylation sites is 1. The third-order valence-electron chi connectivity index (χ3n) is 3.85. The summed E-state index contributed by atoms with van der Waals surface area (Å²) in [6, 6.07) is 7.91. The molecule has 4 heteroatoms. The van der Waals surface area contributed by atoms with Gasteiger partial charge in [-0.1, -0.05) is 18.2 Å². The van der Waals surface area contributed by atoms with E-state index in [1.165, 1.54) is 12.2 Å². The number of thioether (sulfide) groups is 1. The summed E-state index contributed by atoms with van der Waals surface area (Å²) in [6.07, 6.45) is 4.03. The van der Waals surface area contributed by atoms with Gasteiger partial charge in [-0.25, -0.2) is 0 Å². The molecule has 0 spiro atoms. The standard InChI is InChI=1S/C16H24N2OS/c1-13-5-3-4-6-15(13)17-16(19)8-10-18-9-7-14(11-18)12-20-2/h3-6,14H,7-12H2,1-2H3,(H,17,19). The fourth-order valence-corrected chi connectivity index (χ4v) is 3.42. The van der Waals surface area contributed by atoms with Crippen molar-refractivity contribution >= 4 is 23.4 Å². The summed E-state index contributed by atoms with van der Waals surface area (Å²) in [4.78, 5) is 14.4. The third-order valence-corrected chi connectivity index (χ3v) is 4.65. The molecule has 2 rings (SSSR count). The molecule has 0 saturated carbocycles. The van der Waals surface area contributed by atoms with E-state index >= 15 is 0 Å². The Morgan fingerprint density at radius 3 is 3.00 bits per heavy atom. The molecular formula is C16H24N2OS. The molecule has 20 heavy (non-hydrogen) atoms. The number of rotatable bonds is 6. The lowest BCUT2D eigenvalue weighted by Crippen LogP contribution is -2.26. The number of hydrogen-bond donors (Lipinski definition) is 1. The molecule has 1 atom stereocenters. The van der Waals surface area contributed by atoms with E-state index in [-0.39, 0.29) is 5.91 Å². The molecule has 1 aromatic rings. The van der Waals surface area contributed by atoms with Gasteiger partial charge in [-0.2, -0.15) is 11.8 Å². The molecule has 0 bridgehead atoms. The zero-order valence-electron chi connectivity index (χ0n) is 12.4. The maximum atomic E-state index is 12.0. The Morgan fingerprint density at radius 2 is 2.25 bits per heavy atom. The Bertz CT molecular complexity index is 450. The lowest BCUT2D eigenvalue weighted by atomic mass is 10.2. The highest BCUT2D eigenvalue weighted by molar-refractivity contribution is 7.98. The van der Waals surface area contributed by atoms with E-state index in [0.29, 0.717) is 6.42 Å². The van der Waals surface area contributed by atoms with Gasteiger partial charge >= 0.3 is 0 Å². The summed E-state index contributed by atoms with van der Waals surface area (Å²) in [5.74, 6) is 2.17. The number of anilines is 1. The number of hydrogen-bond acceptors (Lipinski definition) is 3. The van der Waals surface area contributed by atoms with Crippen LogP contribution in [0.2, 0.25) is 0 Å². The summed E-state index contributed by atoms with van der Waals surface area (Å²) >= 11 is 1.92. The summed E-state index contributed by atoms with van der Waals surface area (Å²) in [5.41, 5.74) is 2.04. The number of benzene rings is 1. The summed E-state index contributed by atoms with van der Waals surface area (Å²) in [6.45, 7) is 5.19. The Labute approximate surface area is 126 Å². The van der Waals surface area contributed by atoms with Gasteiger partial charge in [0.2, 0.25) is 5.91 Å². The van der Waals surface area contributed by atoms with Gasteiger partial charge in [0.25, 0.3) is 0 Å². The number of nitrogens with zero attached hydrogens (tertiary/aromatic N) is 1. The van der Waals surface area contributed by atoms with E-state index in [9.17, 15) is 4.79 Å². The molecule has 1 aliphatic heterocycles. The van der Waals surface area contributed by atoms with Crippen LogP contribution < -0.4 is 5.32 Å². The highest BCUT2D eigenvalue weighted by Crippen LogP contribution is 2.20. The second-order valence-electron chi connectivity index (χ2n) is 5.52. The number of nitrogens with one attached hydrogen (secondary N) is 1. The van der Waals surface area contributed by atoms with Crippen LogP contribution in [0.3, 0.4) is 0 Å². The van der Waals surface area contributed by atoms with Gasteiger partial charge in [0.15, 0.2) is 0 Å². The minimum absolute atomic E-state index is 0.118. The van der Waals surface area contributed by atoms with Crippen LogP contribution in [0.25, 0.3) is 0 Å². The van der Waals surface area contributed by atoms with E-state index in [4.69, 9.17) is 0 Å². The molecule has 0 aromatic heterocycles. The molecule has 1 saturated heterocycles. The summed E-state index contributed by atoms with van der Waals surface area (Å²) in [7, 11) is 0. The van der Waals surface area contributed by atoms with E-state index in [0.717, 1.165) is 36.8 Å². The van der Waals surface area contributed by atoms with Gasteiger partial charge in [0, 0.05) is 25.2 Å². The van der Waals surface area contributed by atoms with Crippen LogP contribution in [0.5, 0.6) is 0 Å². The smallest absolute Gasteiger partial charge is 0.225 e. The highest BCUT2D eigenvalue weighted by atomic mass is 32.2. The number of amides is 1. The Balaban J connectivity index is 1.72. The molecule has 1 fully saturated rings. The number of carbonyl (C=O) groups is 1. The van der Waals surface area contributed by atoms with E-state index in [2.05, 4.69) is 16.5 Å². The van der Waals surface area contributed by atoms with Gasteiger partial charge in [0.05, 0.1) is 0 Å². The quantitative estimate of drug-likeness (QED) is 0.875. The largest absolute Gasteiger partial charge is 0.326 e. The molecule has 1 N–H and O–H groups in total. The van der Waals surface area contributed by atoms with Gasteiger partial charge in [-0.15, -0.1) is 0 Å². The molecule has 0 radical (unpaired) electrons. The minimum atomic E-state index is 0.118. The predicted octanol–water partition coefficient (Wildman–Crippen LogP) is 3.01. The first-order valence-corrected chi connectivity index (χ1v) is 8.65. The van der Waals surface area contributed by atoms with Crippen molar-refractivity contribution in [3.8, 4) is 0 Å². The van der Waals surface area contributed by atoms with Crippen LogP contribution in [-0.2, 0) is 4.79 Å². The van der Waals surface area contributed by atoms with E-state index in [1.54, 1.807) is 0 Å². The second kappa shape index (κ2) is 7.70. The van der Waals surface area contributed by atoms with Crippen molar-refractivity contribution in [3.05, 3.63) is 29.8 Å². The summed E-state index contributed by atoms with van der Waals surface area (Å²) < 4.78 is 0. The number of aryl methyl sites for hydroxylation is 1.